The van der Waals surface area contributed by atoms with E-state index >= 15 is 0 Å². The van der Waals surface area contributed by atoms with E-state index in [4.69, 9.17) is 10.2 Å². The van der Waals surface area contributed by atoms with Gasteiger partial charge in [0, 0.05) is 18.3 Å². The molecule has 0 atom stereocenters. The first-order valence-electron chi connectivity index (χ1n) is 6.15. The van der Waals surface area contributed by atoms with Crippen LogP contribution >= 0.6 is 0 Å². The number of rotatable bonds is 5. The highest BCUT2D eigenvalue weighted by molar-refractivity contribution is 6.00. The van der Waals surface area contributed by atoms with E-state index in [-0.39, 0.29) is 30.8 Å². The molecule has 0 fully saturated rings. The Kier molecular flexibility index (Phi) is 4.72. The number of amides is 1. The number of aromatic nitrogens is 1. The Morgan fingerprint density at radius 1 is 1.32 bits per heavy atom. The van der Waals surface area contributed by atoms with Gasteiger partial charge in [0.1, 0.15) is 5.69 Å². The molecule has 0 aliphatic heterocycles. The van der Waals surface area contributed by atoms with Gasteiger partial charge in [-0.1, -0.05) is 0 Å². The number of aromatic carboxylic acids is 1. The van der Waals surface area contributed by atoms with Crippen LogP contribution in [0.4, 0.5) is 0 Å². The molecule has 0 aliphatic carbocycles. The summed E-state index contributed by atoms with van der Waals surface area (Å²) in [4.78, 5) is 27.7. The molecule has 0 radical (unpaired) electrons. The third-order valence-electron chi connectivity index (χ3n) is 3.09. The number of hydrogen-bond acceptors (Lipinski definition) is 3. The lowest BCUT2D eigenvalue weighted by Gasteiger charge is -2.26. The van der Waals surface area contributed by atoms with Crippen molar-refractivity contribution in [3.05, 3.63) is 22.5 Å². The SMILES string of the molecule is Cc1[nH]c(C(=O)O)c(C)c1C(=O)N(CCO)C(C)C. The van der Waals surface area contributed by atoms with Gasteiger partial charge in [-0.05, 0) is 33.3 Å². The van der Waals surface area contributed by atoms with Gasteiger partial charge in [-0.2, -0.15) is 0 Å². The van der Waals surface area contributed by atoms with Crippen LogP contribution in [0.2, 0.25) is 0 Å². The fraction of sp³-hybridized carbons (Fsp3) is 0.538. The monoisotopic (exact) mass is 268 g/mol. The molecule has 0 saturated heterocycles. The molecule has 3 N–H and O–H groups in total. The average Bonchev–Trinajstić information content (AvgIpc) is 2.60. The van der Waals surface area contributed by atoms with Crippen LogP contribution in [-0.2, 0) is 0 Å². The van der Waals surface area contributed by atoms with Crippen LogP contribution in [0.5, 0.6) is 0 Å². The number of H-pyrrole nitrogens is 1. The molecular formula is C13H20N2O4. The summed E-state index contributed by atoms with van der Waals surface area (Å²) in [6, 6.07) is -0.0679. The van der Waals surface area contributed by atoms with Crippen molar-refractivity contribution in [2.45, 2.75) is 33.7 Å². The largest absolute Gasteiger partial charge is 0.477 e. The van der Waals surface area contributed by atoms with E-state index in [1.807, 2.05) is 13.8 Å². The molecule has 106 valence electrons. The minimum Gasteiger partial charge on any atom is -0.477 e. The number of aromatic amines is 1. The summed E-state index contributed by atoms with van der Waals surface area (Å²) in [6.07, 6.45) is 0. The van der Waals surface area contributed by atoms with Crippen molar-refractivity contribution in [2.24, 2.45) is 0 Å². The Bertz CT molecular complexity index is 491. The van der Waals surface area contributed by atoms with Gasteiger partial charge < -0.3 is 20.1 Å². The number of carboxylic acids is 1. The number of carbonyl (C=O) groups is 2. The van der Waals surface area contributed by atoms with Crippen molar-refractivity contribution in [2.75, 3.05) is 13.2 Å². The van der Waals surface area contributed by atoms with Crippen LogP contribution in [0.15, 0.2) is 0 Å². The molecule has 0 saturated carbocycles. The smallest absolute Gasteiger partial charge is 0.352 e. The molecule has 1 rings (SSSR count). The Hall–Kier alpha value is -1.82. The summed E-state index contributed by atoms with van der Waals surface area (Å²) in [5.41, 5.74) is 1.37. The van der Waals surface area contributed by atoms with Gasteiger partial charge in [-0.3, -0.25) is 4.79 Å². The zero-order valence-electron chi connectivity index (χ0n) is 11.6. The third kappa shape index (κ3) is 2.96. The van der Waals surface area contributed by atoms with Crippen molar-refractivity contribution < 1.29 is 19.8 Å². The molecule has 0 aliphatic rings. The Labute approximate surface area is 112 Å². The molecule has 0 spiro atoms. The fourth-order valence-electron chi connectivity index (χ4n) is 2.13. The molecular weight excluding hydrogens is 248 g/mol. The molecule has 0 aromatic carbocycles. The van der Waals surface area contributed by atoms with E-state index < -0.39 is 5.97 Å². The average molecular weight is 268 g/mol. The van der Waals surface area contributed by atoms with E-state index in [1.54, 1.807) is 13.8 Å². The van der Waals surface area contributed by atoms with Gasteiger partial charge in [-0.25, -0.2) is 4.79 Å². The second-order valence-corrected chi connectivity index (χ2v) is 4.75. The molecule has 6 nitrogen and oxygen atoms in total. The first-order chi connectivity index (χ1) is 8.81. The van der Waals surface area contributed by atoms with Crippen LogP contribution in [0.25, 0.3) is 0 Å². The summed E-state index contributed by atoms with van der Waals surface area (Å²) in [7, 11) is 0. The molecule has 1 aromatic rings. The number of hydrogen-bond donors (Lipinski definition) is 3. The second-order valence-electron chi connectivity index (χ2n) is 4.75. The Balaban J connectivity index is 3.22. The predicted octanol–water partition coefficient (Wildman–Crippen LogP) is 1.17. The van der Waals surface area contributed by atoms with Gasteiger partial charge >= 0.3 is 5.97 Å². The number of aliphatic hydroxyl groups is 1. The summed E-state index contributed by atoms with van der Waals surface area (Å²) >= 11 is 0. The lowest BCUT2D eigenvalue weighted by molar-refractivity contribution is 0.0664. The van der Waals surface area contributed by atoms with Crippen LogP contribution < -0.4 is 0 Å². The minimum absolute atomic E-state index is 0.0357. The van der Waals surface area contributed by atoms with Crippen LogP contribution in [0.1, 0.15) is 46.0 Å². The third-order valence-corrected chi connectivity index (χ3v) is 3.09. The molecule has 19 heavy (non-hydrogen) atoms. The van der Waals surface area contributed by atoms with Crippen molar-refractivity contribution in [1.29, 1.82) is 0 Å². The lowest BCUT2D eigenvalue weighted by Crippen LogP contribution is -2.39. The van der Waals surface area contributed by atoms with E-state index in [9.17, 15) is 9.59 Å². The van der Waals surface area contributed by atoms with E-state index in [1.165, 1.54) is 4.90 Å². The predicted molar refractivity (Wildman–Crippen MR) is 70.5 cm³/mol. The molecule has 1 aromatic heterocycles. The molecule has 0 bridgehead atoms. The molecule has 1 heterocycles. The highest BCUT2D eigenvalue weighted by Gasteiger charge is 2.26. The summed E-state index contributed by atoms with van der Waals surface area (Å²) < 4.78 is 0. The van der Waals surface area contributed by atoms with Gasteiger partial charge in [0.2, 0.25) is 0 Å². The van der Waals surface area contributed by atoms with E-state index in [2.05, 4.69) is 4.98 Å². The maximum atomic E-state index is 12.5. The van der Waals surface area contributed by atoms with Crippen molar-refractivity contribution in [1.82, 2.24) is 9.88 Å². The highest BCUT2D eigenvalue weighted by Crippen LogP contribution is 2.20. The summed E-state index contributed by atoms with van der Waals surface area (Å²) in [5.74, 6) is -1.35. The van der Waals surface area contributed by atoms with Crippen molar-refractivity contribution >= 4 is 11.9 Å². The molecule has 0 unspecified atom stereocenters. The molecule has 6 heteroatoms. The van der Waals surface area contributed by atoms with Gasteiger partial charge in [0.25, 0.3) is 5.91 Å². The maximum absolute atomic E-state index is 12.5. The minimum atomic E-state index is -1.09. The first kappa shape index (κ1) is 15.2. The second kappa shape index (κ2) is 5.88. The number of aliphatic hydroxyl groups excluding tert-OH is 1. The highest BCUT2D eigenvalue weighted by atomic mass is 16.4. The Morgan fingerprint density at radius 2 is 1.89 bits per heavy atom. The van der Waals surface area contributed by atoms with E-state index in [0.717, 1.165) is 0 Å². The quantitative estimate of drug-likeness (QED) is 0.747. The topological polar surface area (TPSA) is 93.6 Å². The van der Waals surface area contributed by atoms with E-state index in [0.29, 0.717) is 16.8 Å². The van der Waals surface area contributed by atoms with Gasteiger partial charge in [-0.15, -0.1) is 0 Å². The lowest BCUT2D eigenvalue weighted by atomic mass is 10.1. The van der Waals surface area contributed by atoms with Crippen molar-refractivity contribution in [3.63, 3.8) is 0 Å². The summed E-state index contributed by atoms with van der Waals surface area (Å²) in [6.45, 7) is 7.08. The number of nitrogens with one attached hydrogen (secondary N) is 1. The van der Waals surface area contributed by atoms with Crippen LogP contribution in [0.3, 0.4) is 0 Å². The Morgan fingerprint density at radius 3 is 2.26 bits per heavy atom. The number of carbonyl (C=O) groups excluding carboxylic acids is 1. The summed E-state index contributed by atoms with van der Waals surface area (Å²) in [5, 5.41) is 18.1. The molecule has 1 amide bonds. The van der Waals surface area contributed by atoms with Crippen LogP contribution in [-0.4, -0.2) is 51.2 Å². The fourth-order valence-corrected chi connectivity index (χ4v) is 2.13. The number of nitrogens with zero attached hydrogens (tertiary/aromatic N) is 1. The maximum Gasteiger partial charge on any atom is 0.352 e. The standard InChI is InChI=1S/C13H20N2O4/c1-7(2)15(5-6-16)12(17)10-8(3)11(13(18)19)14-9(10)4/h7,14,16H,5-6H2,1-4H3,(H,18,19). The van der Waals surface area contributed by atoms with Gasteiger partial charge in [0.05, 0.1) is 12.2 Å². The van der Waals surface area contributed by atoms with Crippen LogP contribution in [0, 0.1) is 13.8 Å². The van der Waals surface area contributed by atoms with Gasteiger partial charge in [0.15, 0.2) is 0 Å². The number of carboxylic acid groups (broad SMARTS) is 1. The zero-order valence-corrected chi connectivity index (χ0v) is 11.6. The number of aryl methyl sites for hydroxylation is 1. The first-order valence-corrected chi connectivity index (χ1v) is 6.15. The van der Waals surface area contributed by atoms with Crippen molar-refractivity contribution in [3.8, 4) is 0 Å². The normalized spacial score (nSPS) is 10.8. The zero-order chi connectivity index (χ0) is 14.7.